The average molecular weight is 250 g/mol. The molecular formula is C16H30N2. The molecule has 2 aliphatic heterocycles. The van der Waals surface area contributed by atoms with E-state index in [4.69, 9.17) is 0 Å². The molecule has 2 nitrogen and oxygen atoms in total. The van der Waals surface area contributed by atoms with E-state index < -0.39 is 0 Å². The molecule has 3 fully saturated rings. The summed E-state index contributed by atoms with van der Waals surface area (Å²) in [6.07, 6.45) is 7.11. The second kappa shape index (κ2) is 4.79. The molecule has 104 valence electrons. The third-order valence-electron chi connectivity index (χ3n) is 5.51. The summed E-state index contributed by atoms with van der Waals surface area (Å²) >= 11 is 0. The second-order valence-corrected chi connectivity index (χ2v) is 7.98. The van der Waals surface area contributed by atoms with Crippen LogP contribution < -0.4 is 5.32 Å². The summed E-state index contributed by atoms with van der Waals surface area (Å²) in [5, 5.41) is 3.74. The Morgan fingerprint density at radius 2 is 2.00 bits per heavy atom. The van der Waals surface area contributed by atoms with E-state index in [2.05, 4.69) is 31.0 Å². The van der Waals surface area contributed by atoms with E-state index in [0.29, 0.717) is 5.41 Å². The fourth-order valence-electron chi connectivity index (χ4n) is 4.95. The lowest BCUT2D eigenvalue weighted by Crippen LogP contribution is -2.44. The highest BCUT2D eigenvalue weighted by molar-refractivity contribution is 4.97. The van der Waals surface area contributed by atoms with Crippen LogP contribution in [0.4, 0.5) is 0 Å². The molecule has 0 spiro atoms. The van der Waals surface area contributed by atoms with Crippen molar-refractivity contribution in [3.05, 3.63) is 0 Å². The first-order chi connectivity index (χ1) is 8.53. The highest BCUT2D eigenvalue weighted by Gasteiger charge is 2.41. The molecular weight excluding hydrogens is 220 g/mol. The van der Waals surface area contributed by atoms with Crippen LogP contribution in [-0.4, -0.2) is 36.6 Å². The van der Waals surface area contributed by atoms with E-state index in [0.717, 1.165) is 23.9 Å². The van der Waals surface area contributed by atoms with Crippen LogP contribution >= 0.6 is 0 Å². The van der Waals surface area contributed by atoms with Crippen LogP contribution in [0.15, 0.2) is 0 Å². The van der Waals surface area contributed by atoms with Gasteiger partial charge in [0.15, 0.2) is 0 Å². The molecule has 1 saturated carbocycles. The Kier molecular flexibility index (Phi) is 3.44. The van der Waals surface area contributed by atoms with E-state index in [9.17, 15) is 0 Å². The van der Waals surface area contributed by atoms with Gasteiger partial charge in [-0.3, -0.25) is 4.90 Å². The Morgan fingerprint density at radius 1 is 1.17 bits per heavy atom. The first-order valence-electron chi connectivity index (χ1n) is 8.01. The third-order valence-corrected chi connectivity index (χ3v) is 5.51. The topological polar surface area (TPSA) is 15.3 Å². The van der Waals surface area contributed by atoms with Crippen LogP contribution in [0.1, 0.15) is 52.9 Å². The summed E-state index contributed by atoms with van der Waals surface area (Å²) in [6.45, 7) is 11.3. The maximum atomic E-state index is 3.74. The Bertz CT molecular complexity index is 285. The van der Waals surface area contributed by atoms with Crippen molar-refractivity contribution in [3.63, 3.8) is 0 Å². The molecule has 4 atom stereocenters. The van der Waals surface area contributed by atoms with Gasteiger partial charge in [-0.15, -0.1) is 0 Å². The van der Waals surface area contributed by atoms with E-state index in [-0.39, 0.29) is 0 Å². The molecule has 1 aliphatic carbocycles. The van der Waals surface area contributed by atoms with Crippen molar-refractivity contribution in [1.82, 2.24) is 10.2 Å². The molecule has 0 amide bonds. The van der Waals surface area contributed by atoms with Gasteiger partial charge in [0, 0.05) is 25.2 Å². The number of nitrogens with one attached hydrogen (secondary N) is 1. The zero-order valence-corrected chi connectivity index (χ0v) is 12.4. The lowest BCUT2D eigenvalue weighted by molar-refractivity contribution is 0.0789. The van der Waals surface area contributed by atoms with Crippen molar-refractivity contribution in [2.75, 3.05) is 19.6 Å². The quantitative estimate of drug-likeness (QED) is 0.770. The van der Waals surface area contributed by atoms with E-state index in [1.807, 2.05) is 0 Å². The van der Waals surface area contributed by atoms with Gasteiger partial charge in [-0.05, 0) is 55.9 Å². The van der Waals surface area contributed by atoms with Crippen molar-refractivity contribution < 1.29 is 0 Å². The van der Waals surface area contributed by atoms with Gasteiger partial charge in [0.25, 0.3) is 0 Å². The fourth-order valence-corrected chi connectivity index (χ4v) is 4.95. The Hall–Kier alpha value is -0.0800. The maximum absolute atomic E-state index is 3.74. The summed E-state index contributed by atoms with van der Waals surface area (Å²) in [4.78, 5) is 2.82. The van der Waals surface area contributed by atoms with E-state index in [1.54, 1.807) is 0 Å². The smallest absolute Gasteiger partial charge is 0.0235 e. The summed E-state index contributed by atoms with van der Waals surface area (Å²) in [7, 11) is 0. The SMILES string of the molecule is CC1CC(N2CC3CCCNC3C2)CC(C)(C)C1. The molecule has 2 heteroatoms. The van der Waals surface area contributed by atoms with Gasteiger partial charge in [0.1, 0.15) is 0 Å². The van der Waals surface area contributed by atoms with Gasteiger partial charge in [-0.2, -0.15) is 0 Å². The molecule has 4 unspecified atom stereocenters. The van der Waals surface area contributed by atoms with Crippen LogP contribution in [0.2, 0.25) is 0 Å². The Morgan fingerprint density at radius 3 is 2.72 bits per heavy atom. The van der Waals surface area contributed by atoms with E-state index >= 15 is 0 Å². The lowest BCUT2D eigenvalue weighted by Gasteiger charge is -2.43. The molecule has 0 aromatic carbocycles. The first kappa shape index (κ1) is 12.9. The molecule has 2 saturated heterocycles. The van der Waals surface area contributed by atoms with Gasteiger partial charge in [-0.25, -0.2) is 0 Å². The Labute approximate surface area is 113 Å². The molecule has 1 N–H and O–H groups in total. The summed E-state index contributed by atoms with van der Waals surface area (Å²) < 4.78 is 0. The van der Waals surface area contributed by atoms with Crippen LogP contribution in [0.3, 0.4) is 0 Å². The predicted octanol–water partition coefficient (Wildman–Crippen LogP) is 2.89. The number of fused-ring (bicyclic) bond motifs is 1. The number of piperidine rings is 1. The maximum Gasteiger partial charge on any atom is 0.0235 e. The normalized spacial score (nSPS) is 44.8. The number of hydrogen-bond acceptors (Lipinski definition) is 2. The van der Waals surface area contributed by atoms with Crippen molar-refractivity contribution in [2.45, 2.75) is 65.0 Å². The van der Waals surface area contributed by atoms with Gasteiger partial charge < -0.3 is 5.32 Å². The van der Waals surface area contributed by atoms with Crippen LogP contribution in [0, 0.1) is 17.3 Å². The van der Waals surface area contributed by atoms with Crippen LogP contribution in [-0.2, 0) is 0 Å². The second-order valence-electron chi connectivity index (χ2n) is 7.98. The molecule has 0 radical (unpaired) electrons. The Balaban J connectivity index is 1.64. The fraction of sp³-hybridized carbons (Fsp3) is 1.00. The minimum atomic E-state index is 0.559. The number of rotatable bonds is 1. The summed E-state index contributed by atoms with van der Waals surface area (Å²) in [5.41, 5.74) is 0.559. The zero-order valence-electron chi connectivity index (χ0n) is 12.4. The molecule has 3 aliphatic rings. The van der Waals surface area contributed by atoms with Crippen molar-refractivity contribution in [1.29, 1.82) is 0 Å². The van der Waals surface area contributed by atoms with E-state index in [1.165, 1.54) is 51.7 Å². The van der Waals surface area contributed by atoms with Crippen molar-refractivity contribution >= 4 is 0 Å². The van der Waals surface area contributed by atoms with Crippen LogP contribution in [0.5, 0.6) is 0 Å². The lowest BCUT2D eigenvalue weighted by atomic mass is 9.70. The highest BCUT2D eigenvalue weighted by Crippen LogP contribution is 2.42. The number of nitrogens with zero attached hydrogens (tertiary/aromatic N) is 1. The van der Waals surface area contributed by atoms with Crippen LogP contribution in [0.25, 0.3) is 0 Å². The van der Waals surface area contributed by atoms with Gasteiger partial charge in [-0.1, -0.05) is 20.8 Å². The zero-order chi connectivity index (χ0) is 12.8. The number of hydrogen-bond donors (Lipinski definition) is 1. The molecule has 3 rings (SSSR count). The molecule has 18 heavy (non-hydrogen) atoms. The summed E-state index contributed by atoms with van der Waals surface area (Å²) in [6, 6.07) is 1.66. The molecule has 0 bridgehead atoms. The third kappa shape index (κ3) is 2.60. The molecule has 0 aromatic heterocycles. The van der Waals surface area contributed by atoms with Gasteiger partial charge >= 0.3 is 0 Å². The predicted molar refractivity (Wildman–Crippen MR) is 76.7 cm³/mol. The first-order valence-corrected chi connectivity index (χ1v) is 8.01. The molecule has 0 aromatic rings. The summed E-state index contributed by atoms with van der Waals surface area (Å²) in [5.74, 6) is 1.86. The van der Waals surface area contributed by atoms with Crippen molar-refractivity contribution in [3.8, 4) is 0 Å². The standard InChI is InChI=1S/C16H30N2/c1-12-7-14(9-16(2,3)8-12)18-10-13-5-4-6-17-15(13)11-18/h12-15,17H,4-11H2,1-3H3. The molecule has 2 heterocycles. The monoisotopic (exact) mass is 250 g/mol. The minimum Gasteiger partial charge on any atom is -0.312 e. The average Bonchev–Trinajstić information content (AvgIpc) is 2.69. The van der Waals surface area contributed by atoms with Gasteiger partial charge in [0.2, 0.25) is 0 Å². The minimum absolute atomic E-state index is 0.559. The van der Waals surface area contributed by atoms with Crippen molar-refractivity contribution in [2.24, 2.45) is 17.3 Å². The van der Waals surface area contributed by atoms with Gasteiger partial charge in [0.05, 0.1) is 0 Å². The highest BCUT2D eigenvalue weighted by atomic mass is 15.2. The largest absolute Gasteiger partial charge is 0.312 e. The number of likely N-dealkylation sites (tertiary alicyclic amines) is 1.